The summed E-state index contributed by atoms with van der Waals surface area (Å²) in [5.74, 6) is 0.958. The molecule has 6 nitrogen and oxygen atoms in total. The number of unbranched alkanes of at least 4 members (excludes halogenated alkanes) is 2. The Hall–Kier alpha value is -1.21. The maximum atomic E-state index is 12.2. The van der Waals surface area contributed by atoms with Gasteiger partial charge >= 0.3 is 0 Å². The van der Waals surface area contributed by atoms with E-state index in [-0.39, 0.29) is 5.75 Å². The molecule has 2 heterocycles. The van der Waals surface area contributed by atoms with E-state index in [4.69, 9.17) is 0 Å². The normalized spacial score (nSPS) is 17.1. The third-order valence-electron chi connectivity index (χ3n) is 3.70. The average Bonchev–Trinajstić information content (AvgIpc) is 2.47. The van der Waals surface area contributed by atoms with Crippen molar-refractivity contribution < 1.29 is 8.42 Å². The Morgan fingerprint density at radius 3 is 2.52 bits per heavy atom. The minimum atomic E-state index is -3.10. The van der Waals surface area contributed by atoms with Gasteiger partial charge in [0, 0.05) is 38.1 Å². The van der Waals surface area contributed by atoms with Gasteiger partial charge in [-0.05, 0) is 19.4 Å². The zero-order chi connectivity index (χ0) is 15.3. The summed E-state index contributed by atoms with van der Waals surface area (Å²) in [5, 5.41) is 0. The van der Waals surface area contributed by atoms with E-state index in [1.807, 2.05) is 17.9 Å². The summed E-state index contributed by atoms with van der Waals surface area (Å²) in [6, 6.07) is 1.86. The van der Waals surface area contributed by atoms with E-state index in [1.165, 1.54) is 0 Å². The van der Waals surface area contributed by atoms with Gasteiger partial charge in [0.05, 0.1) is 5.75 Å². The summed E-state index contributed by atoms with van der Waals surface area (Å²) in [6.07, 6.45) is 4.50. The molecule has 0 amide bonds. The fourth-order valence-corrected chi connectivity index (χ4v) is 3.96. The molecule has 1 aromatic heterocycles. The Bertz CT molecular complexity index is 554. The molecule has 0 aliphatic carbocycles. The summed E-state index contributed by atoms with van der Waals surface area (Å²) in [6.45, 7) is 6.34. The molecule has 2 rings (SSSR count). The molecule has 0 saturated carbocycles. The monoisotopic (exact) mass is 312 g/mol. The Morgan fingerprint density at radius 1 is 1.19 bits per heavy atom. The van der Waals surface area contributed by atoms with Crippen molar-refractivity contribution in [2.45, 2.75) is 33.1 Å². The molecule has 0 N–H and O–H groups in total. The van der Waals surface area contributed by atoms with Crippen LogP contribution in [0.25, 0.3) is 0 Å². The molecule has 7 heteroatoms. The molecular weight excluding hydrogens is 288 g/mol. The van der Waals surface area contributed by atoms with E-state index < -0.39 is 10.0 Å². The highest BCUT2D eigenvalue weighted by Gasteiger charge is 2.27. The molecule has 1 aliphatic heterocycles. The predicted molar refractivity (Wildman–Crippen MR) is 83.9 cm³/mol. The van der Waals surface area contributed by atoms with Crippen LogP contribution in [0.3, 0.4) is 0 Å². The van der Waals surface area contributed by atoms with Gasteiger partial charge in [0.1, 0.15) is 0 Å². The van der Waals surface area contributed by atoms with E-state index >= 15 is 0 Å². The lowest BCUT2D eigenvalue weighted by molar-refractivity contribution is 0.381. The van der Waals surface area contributed by atoms with Crippen LogP contribution in [0, 0.1) is 6.92 Å². The molecule has 0 bridgehead atoms. The van der Waals surface area contributed by atoms with Crippen molar-refractivity contribution in [1.29, 1.82) is 0 Å². The fourth-order valence-electron chi connectivity index (χ4n) is 2.42. The van der Waals surface area contributed by atoms with Gasteiger partial charge in [-0.1, -0.05) is 19.8 Å². The molecule has 1 aliphatic rings. The second-order valence-corrected chi connectivity index (χ2v) is 7.50. The van der Waals surface area contributed by atoms with E-state index in [0.29, 0.717) is 32.1 Å². The van der Waals surface area contributed by atoms with E-state index in [1.54, 1.807) is 10.5 Å². The number of aryl methyl sites for hydroxylation is 1. The van der Waals surface area contributed by atoms with Crippen molar-refractivity contribution in [1.82, 2.24) is 14.3 Å². The minimum absolute atomic E-state index is 0.266. The van der Waals surface area contributed by atoms with Crippen molar-refractivity contribution in [2.24, 2.45) is 0 Å². The Kier molecular flexibility index (Phi) is 5.52. The first-order valence-corrected chi connectivity index (χ1v) is 9.16. The van der Waals surface area contributed by atoms with Crippen LogP contribution in [-0.4, -0.2) is 54.6 Å². The second-order valence-electron chi connectivity index (χ2n) is 5.41. The number of piperazine rings is 1. The molecule has 1 fully saturated rings. The standard InChI is InChI=1S/C14H24N4O2S/c1-3-4-5-12-21(19,20)18-10-8-17(9-11-18)14-15-7-6-13(2)16-14/h6-7H,3-5,8-12H2,1-2H3. The fraction of sp³-hybridized carbons (Fsp3) is 0.714. The van der Waals surface area contributed by atoms with Gasteiger partial charge in [-0.3, -0.25) is 0 Å². The third-order valence-corrected chi connectivity index (χ3v) is 5.66. The number of rotatable bonds is 6. The Labute approximate surface area is 127 Å². The largest absolute Gasteiger partial charge is 0.338 e. The lowest BCUT2D eigenvalue weighted by Gasteiger charge is -2.34. The molecule has 0 radical (unpaired) electrons. The Balaban J connectivity index is 1.91. The molecule has 0 aromatic carbocycles. The zero-order valence-electron chi connectivity index (χ0n) is 12.8. The number of hydrogen-bond acceptors (Lipinski definition) is 5. The van der Waals surface area contributed by atoms with Crippen molar-refractivity contribution in [3.63, 3.8) is 0 Å². The molecular formula is C14H24N4O2S. The first kappa shape index (κ1) is 16.2. The predicted octanol–water partition coefficient (Wildman–Crippen LogP) is 1.43. The van der Waals surface area contributed by atoms with Gasteiger partial charge in [-0.25, -0.2) is 18.4 Å². The lowest BCUT2D eigenvalue weighted by atomic mass is 10.3. The zero-order valence-corrected chi connectivity index (χ0v) is 13.6. The van der Waals surface area contributed by atoms with Gasteiger partial charge in [-0.15, -0.1) is 0 Å². The van der Waals surface area contributed by atoms with Crippen molar-refractivity contribution in [2.75, 3.05) is 36.8 Å². The average molecular weight is 312 g/mol. The van der Waals surface area contributed by atoms with Gasteiger partial charge < -0.3 is 4.90 Å². The first-order valence-electron chi connectivity index (χ1n) is 7.55. The molecule has 21 heavy (non-hydrogen) atoms. The highest BCUT2D eigenvalue weighted by molar-refractivity contribution is 7.89. The molecule has 118 valence electrons. The van der Waals surface area contributed by atoms with Gasteiger partial charge in [0.2, 0.25) is 16.0 Å². The minimum Gasteiger partial charge on any atom is -0.338 e. The third kappa shape index (κ3) is 4.38. The topological polar surface area (TPSA) is 66.4 Å². The number of sulfonamides is 1. The summed E-state index contributed by atoms with van der Waals surface area (Å²) in [5.41, 5.74) is 0.926. The van der Waals surface area contributed by atoms with Crippen molar-refractivity contribution in [3.8, 4) is 0 Å². The molecule has 1 aromatic rings. The summed E-state index contributed by atoms with van der Waals surface area (Å²) in [4.78, 5) is 10.7. The van der Waals surface area contributed by atoms with Crippen LogP contribution in [0.15, 0.2) is 12.3 Å². The molecule has 0 spiro atoms. The maximum Gasteiger partial charge on any atom is 0.225 e. The van der Waals surface area contributed by atoms with Crippen LogP contribution >= 0.6 is 0 Å². The van der Waals surface area contributed by atoms with Gasteiger partial charge in [0.25, 0.3) is 0 Å². The molecule has 0 atom stereocenters. The van der Waals surface area contributed by atoms with E-state index in [0.717, 1.165) is 25.0 Å². The van der Waals surface area contributed by atoms with Gasteiger partial charge in [0.15, 0.2) is 0 Å². The summed E-state index contributed by atoms with van der Waals surface area (Å²) < 4.78 is 26.1. The van der Waals surface area contributed by atoms with Crippen molar-refractivity contribution >= 4 is 16.0 Å². The van der Waals surface area contributed by atoms with Crippen LogP contribution in [-0.2, 0) is 10.0 Å². The second kappa shape index (κ2) is 7.17. The number of hydrogen-bond donors (Lipinski definition) is 0. The van der Waals surface area contributed by atoms with E-state index in [2.05, 4.69) is 16.9 Å². The van der Waals surface area contributed by atoms with Crippen LogP contribution in [0.2, 0.25) is 0 Å². The number of anilines is 1. The van der Waals surface area contributed by atoms with Crippen LogP contribution in [0.4, 0.5) is 5.95 Å². The summed E-state index contributed by atoms with van der Waals surface area (Å²) in [7, 11) is -3.10. The maximum absolute atomic E-state index is 12.2. The van der Waals surface area contributed by atoms with Crippen LogP contribution < -0.4 is 4.90 Å². The highest BCUT2D eigenvalue weighted by Crippen LogP contribution is 2.14. The molecule has 1 saturated heterocycles. The SMILES string of the molecule is CCCCCS(=O)(=O)N1CCN(c2nccc(C)n2)CC1. The summed E-state index contributed by atoms with van der Waals surface area (Å²) >= 11 is 0. The highest BCUT2D eigenvalue weighted by atomic mass is 32.2. The first-order chi connectivity index (χ1) is 10.0. The quantitative estimate of drug-likeness (QED) is 0.743. The lowest BCUT2D eigenvalue weighted by Crippen LogP contribution is -2.49. The Morgan fingerprint density at radius 2 is 1.90 bits per heavy atom. The smallest absolute Gasteiger partial charge is 0.225 e. The van der Waals surface area contributed by atoms with Crippen molar-refractivity contribution in [3.05, 3.63) is 18.0 Å². The number of nitrogens with zero attached hydrogens (tertiary/aromatic N) is 4. The van der Waals surface area contributed by atoms with E-state index in [9.17, 15) is 8.42 Å². The molecule has 0 unspecified atom stereocenters. The van der Waals surface area contributed by atoms with Crippen LogP contribution in [0.5, 0.6) is 0 Å². The number of aromatic nitrogens is 2. The van der Waals surface area contributed by atoms with Crippen LogP contribution in [0.1, 0.15) is 31.9 Å². The van der Waals surface area contributed by atoms with Gasteiger partial charge in [-0.2, -0.15) is 4.31 Å².